The van der Waals surface area contributed by atoms with Crippen LogP contribution in [0, 0.1) is 11.3 Å². The molecule has 2 N–H and O–H groups in total. The van der Waals surface area contributed by atoms with E-state index in [1.54, 1.807) is 12.5 Å². The zero-order valence-electron chi connectivity index (χ0n) is 14.2. The number of hydrogen-bond donors (Lipinski definition) is 1. The minimum atomic E-state index is -0.000140. The summed E-state index contributed by atoms with van der Waals surface area (Å²) in [5.74, 6) is 0.285. The lowest BCUT2D eigenvalue weighted by Gasteiger charge is -2.11. The van der Waals surface area contributed by atoms with Crippen LogP contribution in [-0.4, -0.2) is 33.9 Å². The van der Waals surface area contributed by atoms with Crippen LogP contribution in [0.15, 0.2) is 34.2 Å². The summed E-state index contributed by atoms with van der Waals surface area (Å²) in [6, 6.07) is 5.48. The predicted octanol–water partition coefficient (Wildman–Crippen LogP) is 2.99. The summed E-state index contributed by atoms with van der Waals surface area (Å²) < 4.78 is 5.58. The smallest absolute Gasteiger partial charge is 0.191 e. The van der Waals surface area contributed by atoms with E-state index in [0.29, 0.717) is 5.16 Å². The second-order valence-electron chi connectivity index (χ2n) is 5.94. The van der Waals surface area contributed by atoms with E-state index >= 15 is 0 Å². The van der Waals surface area contributed by atoms with Crippen molar-refractivity contribution in [3.05, 3.63) is 41.5 Å². The van der Waals surface area contributed by atoms with Gasteiger partial charge < -0.3 is 15.1 Å². The second kappa shape index (κ2) is 7.09. The molecule has 7 nitrogen and oxygen atoms in total. The van der Waals surface area contributed by atoms with Crippen molar-refractivity contribution in [1.29, 1.82) is 5.26 Å². The summed E-state index contributed by atoms with van der Waals surface area (Å²) in [6.07, 6.45) is 3.51. The number of nitrogens with two attached hydrogens (primary N) is 1. The lowest BCUT2D eigenvalue weighted by molar-refractivity contribution is 0.401. The van der Waals surface area contributed by atoms with Crippen LogP contribution in [0.5, 0.6) is 0 Å². The Labute approximate surface area is 149 Å². The topological polar surface area (TPSA) is 105 Å². The zero-order chi connectivity index (χ0) is 18.0. The number of fused-ring (bicyclic) bond motifs is 1. The molecule has 128 valence electrons. The van der Waals surface area contributed by atoms with Crippen LogP contribution < -0.4 is 5.73 Å². The van der Waals surface area contributed by atoms with Crippen molar-refractivity contribution in [2.75, 3.05) is 19.8 Å². The van der Waals surface area contributed by atoms with Gasteiger partial charge in [-0.3, -0.25) is 4.98 Å². The maximum Gasteiger partial charge on any atom is 0.191 e. The highest BCUT2D eigenvalue weighted by Crippen LogP contribution is 2.34. The molecule has 1 unspecified atom stereocenters. The summed E-state index contributed by atoms with van der Waals surface area (Å²) in [7, 11) is 4.03. The van der Waals surface area contributed by atoms with Gasteiger partial charge in [-0.1, -0.05) is 11.8 Å². The maximum atomic E-state index is 9.00. The molecule has 8 heteroatoms. The third kappa shape index (κ3) is 3.90. The van der Waals surface area contributed by atoms with Gasteiger partial charge in [-0.15, -0.1) is 0 Å². The molecule has 0 fully saturated rings. The normalized spacial score (nSPS) is 12.4. The molecule has 25 heavy (non-hydrogen) atoms. The quantitative estimate of drug-likeness (QED) is 0.551. The standard InChI is InChI=1S/C17H18N6OS/c1-10(25-17-21-12(6-18)4-16(19)22-17)14-5-13-11(8-23(2)3)9-24-15(13)7-20-14/h4-5,7,9-10H,8H2,1-3H3,(H2,19,21,22). The molecule has 3 rings (SSSR count). The van der Waals surface area contributed by atoms with E-state index in [1.807, 2.05) is 33.2 Å². The molecule has 0 radical (unpaired) electrons. The van der Waals surface area contributed by atoms with Crippen molar-refractivity contribution >= 4 is 28.5 Å². The van der Waals surface area contributed by atoms with E-state index < -0.39 is 0 Å². The lowest BCUT2D eigenvalue weighted by atomic mass is 10.1. The molecule has 0 bridgehead atoms. The molecule has 0 aliphatic heterocycles. The molecule has 0 saturated carbocycles. The summed E-state index contributed by atoms with van der Waals surface area (Å²) in [5.41, 5.74) is 8.76. The average Bonchev–Trinajstić information content (AvgIpc) is 2.95. The Bertz CT molecular complexity index is 946. The zero-order valence-corrected chi connectivity index (χ0v) is 15.0. The van der Waals surface area contributed by atoms with Gasteiger partial charge in [-0.05, 0) is 27.1 Å². The molecule has 3 aromatic rings. The number of thioether (sulfide) groups is 1. The van der Waals surface area contributed by atoms with Crippen LogP contribution in [0.25, 0.3) is 11.0 Å². The molecule has 0 amide bonds. The monoisotopic (exact) mass is 354 g/mol. The summed E-state index contributed by atoms with van der Waals surface area (Å²) in [6.45, 7) is 2.81. The van der Waals surface area contributed by atoms with Crippen LogP contribution in [-0.2, 0) is 6.54 Å². The molecular weight excluding hydrogens is 336 g/mol. The van der Waals surface area contributed by atoms with E-state index in [4.69, 9.17) is 15.4 Å². The molecule has 1 atom stereocenters. The van der Waals surface area contributed by atoms with Crippen molar-refractivity contribution in [2.45, 2.75) is 23.9 Å². The van der Waals surface area contributed by atoms with Crippen molar-refractivity contribution in [3.63, 3.8) is 0 Å². The van der Waals surface area contributed by atoms with Gasteiger partial charge in [-0.25, -0.2) is 9.97 Å². The first-order chi connectivity index (χ1) is 12.0. The highest BCUT2D eigenvalue weighted by atomic mass is 32.2. The highest BCUT2D eigenvalue weighted by molar-refractivity contribution is 7.99. The Morgan fingerprint density at radius 1 is 1.36 bits per heavy atom. The highest BCUT2D eigenvalue weighted by Gasteiger charge is 2.15. The molecular formula is C17H18N6OS. The lowest BCUT2D eigenvalue weighted by Crippen LogP contribution is -2.10. The minimum Gasteiger partial charge on any atom is -0.462 e. The van der Waals surface area contributed by atoms with Gasteiger partial charge in [0.2, 0.25) is 0 Å². The number of nitrogen functional groups attached to an aromatic ring is 1. The SMILES string of the molecule is CC(Sc1nc(N)cc(C#N)n1)c1cc2c(CN(C)C)coc2cn1. The Morgan fingerprint density at radius 3 is 2.88 bits per heavy atom. The molecule has 3 heterocycles. The number of pyridine rings is 1. The largest absolute Gasteiger partial charge is 0.462 e. The Morgan fingerprint density at radius 2 is 2.16 bits per heavy atom. The number of furan rings is 1. The molecule has 0 aromatic carbocycles. The van der Waals surface area contributed by atoms with Gasteiger partial charge in [0.05, 0.1) is 23.4 Å². The van der Waals surface area contributed by atoms with Crippen molar-refractivity contribution < 1.29 is 4.42 Å². The van der Waals surface area contributed by atoms with Gasteiger partial charge in [0.1, 0.15) is 17.6 Å². The molecule has 0 spiro atoms. The van der Waals surface area contributed by atoms with Gasteiger partial charge in [0.15, 0.2) is 10.7 Å². The van der Waals surface area contributed by atoms with E-state index in [0.717, 1.165) is 28.8 Å². The summed E-state index contributed by atoms with van der Waals surface area (Å²) in [4.78, 5) is 14.9. The fraction of sp³-hybridized carbons (Fsp3) is 0.294. The molecule has 0 aliphatic rings. The van der Waals surface area contributed by atoms with Gasteiger partial charge in [0, 0.05) is 23.6 Å². The number of rotatable bonds is 5. The van der Waals surface area contributed by atoms with Crippen LogP contribution >= 0.6 is 11.8 Å². The third-order valence-electron chi connectivity index (χ3n) is 3.59. The van der Waals surface area contributed by atoms with Gasteiger partial charge in [0.25, 0.3) is 0 Å². The number of nitrogens with zero attached hydrogens (tertiary/aromatic N) is 5. The van der Waals surface area contributed by atoms with Crippen molar-refractivity contribution in [1.82, 2.24) is 19.9 Å². The Kier molecular flexibility index (Phi) is 4.88. The van der Waals surface area contributed by atoms with Crippen LogP contribution in [0.2, 0.25) is 0 Å². The van der Waals surface area contributed by atoms with Crippen LogP contribution in [0.3, 0.4) is 0 Å². The second-order valence-corrected chi connectivity index (χ2v) is 7.24. The number of anilines is 1. The Balaban J connectivity index is 1.88. The molecule has 0 aliphatic carbocycles. The number of nitriles is 1. The third-order valence-corrected chi connectivity index (χ3v) is 4.58. The average molecular weight is 354 g/mol. The first-order valence-electron chi connectivity index (χ1n) is 7.68. The first-order valence-corrected chi connectivity index (χ1v) is 8.56. The number of hydrogen-bond acceptors (Lipinski definition) is 8. The minimum absolute atomic E-state index is 0.000140. The van der Waals surface area contributed by atoms with E-state index in [1.165, 1.54) is 17.8 Å². The first kappa shape index (κ1) is 17.2. The van der Waals surface area contributed by atoms with Gasteiger partial charge >= 0.3 is 0 Å². The summed E-state index contributed by atoms with van der Waals surface area (Å²) in [5, 5.41) is 10.5. The summed E-state index contributed by atoms with van der Waals surface area (Å²) >= 11 is 1.41. The maximum absolute atomic E-state index is 9.00. The van der Waals surface area contributed by atoms with E-state index in [9.17, 15) is 0 Å². The predicted molar refractivity (Wildman–Crippen MR) is 96.8 cm³/mol. The van der Waals surface area contributed by atoms with Crippen molar-refractivity contribution in [3.8, 4) is 6.07 Å². The van der Waals surface area contributed by atoms with Gasteiger partial charge in [-0.2, -0.15) is 5.26 Å². The van der Waals surface area contributed by atoms with Crippen LogP contribution in [0.1, 0.15) is 29.1 Å². The molecule has 3 aromatic heterocycles. The Hall–Kier alpha value is -2.63. The fourth-order valence-corrected chi connectivity index (χ4v) is 3.33. The van der Waals surface area contributed by atoms with Crippen LogP contribution in [0.4, 0.5) is 5.82 Å². The molecule has 0 saturated heterocycles. The van der Waals surface area contributed by atoms with Crippen molar-refractivity contribution in [2.24, 2.45) is 0 Å². The van der Waals surface area contributed by atoms with E-state index in [2.05, 4.69) is 19.9 Å². The fourth-order valence-electron chi connectivity index (χ4n) is 2.46. The van der Waals surface area contributed by atoms with E-state index in [-0.39, 0.29) is 16.8 Å². The number of aromatic nitrogens is 3.